The number of hydrogen-bond donors (Lipinski definition) is 1. The first kappa shape index (κ1) is 11.3. The van der Waals surface area contributed by atoms with Gasteiger partial charge < -0.3 is 9.52 Å². The molecule has 3 rings (SSSR count). The van der Waals surface area contributed by atoms with Gasteiger partial charge in [0.05, 0.1) is 11.1 Å². The summed E-state index contributed by atoms with van der Waals surface area (Å²) in [6.07, 6.45) is 0. The molecule has 0 bridgehead atoms. The minimum atomic E-state index is -1.24. The van der Waals surface area contributed by atoms with Crippen LogP contribution in [0.4, 0.5) is 0 Å². The summed E-state index contributed by atoms with van der Waals surface area (Å²) in [5.41, 5.74) is 2.28. The number of pyridine rings is 1. The van der Waals surface area contributed by atoms with Gasteiger partial charge in [0.15, 0.2) is 0 Å². The SMILES string of the molecule is Cc1cc(-c2nnc(C(=O)O)o2)c2ccccc2n1. The second-order valence-electron chi connectivity index (χ2n) is 4.05. The molecule has 1 N–H and O–H groups in total. The first-order valence-electron chi connectivity index (χ1n) is 5.59. The normalized spacial score (nSPS) is 10.8. The summed E-state index contributed by atoms with van der Waals surface area (Å²) in [5, 5.41) is 16.9. The first-order valence-corrected chi connectivity index (χ1v) is 5.59. The van der Waals surface area contributed by atoms with E-state index < -0.39 is 11.9 Å². The molecule has 0 saturated heterocycles. The summed E-state index contributed by atoms with van der Waals surface area (Å²) in [6, 6.07) is 9.30. The van der Waals surface area contributed by atoms with Crippen molar-refractivity contribution in [2.45, 2.75) is 6.92 Å². The molecule has 0 aliphatic rings. The third kappa shape index (κ3) is 1.93. The summed E-state index contributed by atoms with van der Waals surface area (Å²) in [6.45, 7) is 1.85. The van der Waals surface area contributed by atoms with Gasteiger partial charge in [0.1, 0.15) is 0 Å². The van der Waals surface area contributed by atoms with Crippen LogP contribution in [0, 0.1) is 6.92 Å². The van der Waals surface area contributed by atoms with Gasteiger partial charge in [-0.2, -0.15) is 0 Å². The highest BCUT2D eigenvalue weighted by atomic mass is 16.4. The summed E-state index contributed by atoms with van der Waals surface area (Å²) >= 11 is 0. The van der Waals surface area contributed by atoms with Crippen LogP contribution in [0.15, 0.2) is 34.7 Å². The smallest absolute Gasteiger partial charge is 0.393 e. The van der Waals surface area contributed by atoms with E-state index in [4.69, 9.17) is 9.52 Å². The van der Waals surface area contributed by atoms with Crippen LogP contribution in [0.1, 0.15) is 16.4 Å². The number of aromatic nitrogens is 3. The predicted molar refractivity (Wildman–Crippen MR) is 66.7 cm³/mol. The Hall–Kier alpha value is -2.76. The van der Waals surface area contributed by atoms with Gasteiger partial charge >= 0.3 is 11.9 Å². The molecule has 0 fully saturated rings. The van der Waals surface area contributed by atoms with Gasteiger partial charge in [0.2, 0.25) is 5.89 Å². The molecule has 2 heterocycles. The summed E-state index contributed by atoms with van der Waals surface area (Å²) < 4.78 is 5.14. The van der Waals surface area contributed by atoms with E-state index in [0.29, 0.717) is 5.56 Å². The molecule has 0 aliphatic carbocycles. The third-order valence-electron chi connectivity index (χ3n) is 2.68. The van der Waals surface area contributed by atoms with E-state index in [1.54, 1.807) is 6.07 Å². The highest BCUT2D eigenvalue weighted by Gasteiger charge is 2.16. The Kier molecular flexibility index (Phi) is 2.49. The number of aromatic carboxylic acids is 1. The maximum atomic E-state index is 10.8. The van der Waals surface area contributed by atoms with E-state index >= 15 is 0 Å². The van der Waals surface area contributed by atoms with E-state index in [2.05, 4.69) is 15.2 Å². The van der Waals surface area contributed by atoms with Crippen molar-refractivity contribution in [2.24, 2.45) is 0 Å². The molecule has 1 aromatic carbocycles. The molecular formula is C13H9N3O3. The fourth-order valence-corrected chi connectivity index (χ4v) is 1.90. The molecule has 3 aromatic rings. The minimum absolute atomic E-state index is 0.180. The van der Waals surface area contributed by atoms with Crippen LogP contribution in [0.5, 0.6) is 0 Å². The van der Waals surface area contributed by atoms with Gasteiger partial charge in [-0.1, -0.05) is 18.2 Å². The average Bonchev–Trinajstić information content (AvgIpc) is 2.87. The van der Waals surface area contributed by atoms with Gasteiger partial charge in [-0.15, -0.1) is 10.2 Å². The lowest BCUT2D eigenvalue weighted by molar-refractivity contribution is 0.0654. The number of carbonyl (C=O) groups is 1. The predicted octanol–water partition coefficient (Wildman–Crippen LogP) is 2.29. The van der Waals surface area contributed by atoms with Crippen molar-refractivity contribution in [3.63, 3.8) is 0 Å². The zero-order valence-corrected chi connectivity index (χ0v) is 9.99. The van der Waals surface area contributed by atoms with Gasteiger partial charge in [-0.3, -0.25) is 4.98 Å². The molecule has 0 spiro atoms. The average molecular weight is 255 g/mol. The van der Waals surface area contributed by atoms with Crippen LogP contribution in [0.25, 0.3) is 22.4 Å². The van der Waals surface area contributed by atoms with Crippen LogP contribution < -0.4 is 0 Å². The Morgan fingerprint density at radius 3 is 2.79 bits per heavy atom. The second-order valence-corrected chi connectivity index (χ2v) is 4.05. The minimum Gasteiger partial charge on any atom is -0.474 e. The van der Waals surface area contributed by atoms with E-state index in [9.17, 15) is 4.79 Å². The lowest BCUT2D eigenvalue weighted by Crippen LogP contribution is -1.95. The molecular weight excluding hydrogens is 246 g/mol. The monoisotopic (exact) mass is 255 g/mol. The highest BCUT2D eigenvalue weighted by molar-refractivity contribution is 5.92. The van der Waals surface area contributed by atoms with Crippen LogP contribution in [0.3, 0.4) is 0 Å². The maximum Gasteiger partial charge on any atom is 0.393 e. The second kappa shape index (κ2) is 4.16. The van der Waals surface area contributed by atoms with Crippen molar-refractivity contribution in [3.05, 3.63) is 41.9 Å². The van der Waals surface area contributed by atoms with Crippen LogP contribution >= 0.6 is 0 Å². The quantitative estimate of drug-likeness (QED) is 0.755. The van der Waals surface area contributed by atoms with E-state index in [1.165, 1.54) is 0 Å². The fourth-order valence-electron chi connectivity index (χ4n) is 1.90. The van der Waals surface area contributed by atoms with Gasteiger partial charge in [0, 0.05) is 11.1 Å². The van der Waals surface area contributed by atoms with E-state index in [0.717, 1.165) is 16.6 Å². The lowest BCUT2D eigenvalue weighted by Gasteiger charge is -2.03. The first-order chi connectivity index (χ1) is 9.15. The zero-order chi connectivity index (χ0) is 13.4. The van der Waals surface area contributed by atoms with Crippen molar-refractivity contribution in [3.8, 4) is 11.5 Å². The number of aryl methyl sites for hydroxylation is 1. The largest absolute Gasteiger partial charge is 0.474 e. The van der Waals surface area contributed by atoms with Crippen molar-refractivity contribution in [1.29, 1.82) is 0 Å². The van der Waals surface area contributed by atoms with Gasteiger partial charge in [0.25, 0.3) is 0 Å². The molecule has 19 heavy (non-hydrogen) atoms. The number of para-hydroxylation sites is 1. The Balaban J connectivity index is 2.26. The number of nitrogens with zero attached hydrogens (tertiary/aromatic N) is 3. The maximum absolute atomic E-state index is 10.8. The Morgan fingerprint density at radius 2 is 2.05 bits per heavy atom. The van der Waals surface area contributed by atoms with Crippen LogP contribution in [0.2, 0.25) is 0 Å². The van der Waals surface area contributed by atoms with Gasteiger partial charge in [-0.05, 0) is 19.1 Å². The molecule has 94 valence electrons. The van der Waals surface area contributed by atoms with Gasteiger partial charge in [-0.25, -0.2) is 4.79 Å². The molecule has 2 aromatic heterocycles. The Labute approximate surface area is 107 Å². The third-order valence-corrected chi connectivity index (χ3v) is 2.68. The summed E-state index contributed by atoms with van der Waals surface area (Å²) in [5.74, 6) is -1.48. The number of benzene rings is 1. The van der Waals surface area contributed by atoms with E-state index in [-0.39, 0.29) is 5.89 Å². The Bertz CT molecular complexity index is 780. The standard InChI is InChI=1S/C13H9N3O3/c1-7-6-9(8-4-2-3-5-10(8)14-7)11-15-16-12(19-11)13(17)18/h2-6H,1H3,(H,17,18). The van der Waals surface area contributed by atoms with Crippen LogP contribution in [-0.4, -0.2) is 26.3 Å². The molecule has 0 amide bonds. The van der Waals surface area contributed by atoms with Crippen molar-refractivity contribution >= 4 is 16.9 Å². The zero-order valence-electron chi connectivity index (χ0n) is 9.99. The van der Waals surface area contributed by atoms with Crippen molar-refractivity contribution in [2.75, 3.05) is 0 Å². The fraction of sp³-hybridized carbons (Fsp3) is 0.0769. The van der Waals surface area contributed by atoms with Crippen molar-refractivity contribution < 1.29 is 14.3 Å². The molecule has 0 radical (unpaired) electrons. The molecule has 6 nitrogen and oxygen atoms in total. The topological polar surface area (TPSA) is 89.1 Å². The number of hydrogen-bond acceptors (Lipinski definition) is 5. The number of carboxylic acid groups (broad SMARTS) is 1. The highest BCUT2D eigenvalue weighted by Crippen LogP contribution is 2.27. The summed E-state index contributed by atoms with van der Waals surface area (Å²) in [4.78, 5) is 15.2. The number of rotatable bonds is 2. The Morgan fingerprint density at radius 1 is 1.26 bits per heavy atom. The number of fused-ring (bicyclic) bond motifs is 1. The van der Waals surface area contributed by atoms with Crippen molar-refractivity contribution in [1.82, 2.24) is 15.2 Å². The molecule has 6 heteroatoms. The number of carboxylic acids is 1. The molecule has 0 unspecified atom stereocenters. The molecule has 0 aliphatic heterocycles. The molecule has 0 saturated carbocycles. The van der Waals surface area contributed by atoms with E-state index in [1.807, 2.05) is 31.2 Å². The summed E-state index contributed by atoms with van der Waals surface area (Å²) in [7, 11) is 0. The van der Waals surface area contributed by atoms with Crippen LogP contribution in [-0.2, 0) is 0 Å². The molecule has 0 atom stereocenters. The lowest BCUT2D eigenvalue weighted by atomic mass is 10.1.